The molecular formula is C15H25NO. The minimum Gasteiger partial charge on any atom is -0.478 e. The molecule has 0 saturated heterocycles. The largest absolute Gasteiger partial charge is 0.478 e. The molecule has 1 aromatic rings. The first-order chi connectivity index (χ1) is 7.64. The molecule has 0 aromatic carbocycles. The highest BCUT2D eigenvalue weighted by atomic mass is 16.5. The van der Waals surface area contributed by atoms with Crippen LogP contribution in [-0.4, -0.2) is 11.6 Å². The second-order valence-corrected chi connectivity index (χ2v) is 6.51. The van der Waals surface area contributed by atoms with E-state index in [0.29, 0.717) is 6.61 Å². The van der Waals surface area contributed by atoms with Gasteiger partial charge in [0.25, 0.3) is 0 Å². The molecule has 0 spiro atoms. The van der Waals surface area contributed by atoms with E-state index < -0.39 is 0 Å². The van der Waals surface area contributed by atoms with Gasteiger partial charge in [-0.05, 0) is 24.0 Å². The van der Waals surface area contributed by atoms with Crippen molar-refractivity contribution >= 4 is 0 Å². The van der Waals surface area contributed by atoms with Gasteiger partial charge >= 0.3 is 0 Å². The van der Waals surface area contributed by atoms with Gasteiger partial charge in [-0.25, -0.2) is 4.98 Å². The van der Waals surface area contributed by atoms with Gasteiger partial charge in [0.2, 0.25) is 5.88 Å². The number of pyridine rings is 1. The summed E-state index contributed by atoms with van der Waals surface area (Å²) in [5.74, 6) is 0.741. The molecule has 0 aliphatic rings. The van der Waals surface area contributed by atoms with Gasteiger partial charge in [0, 0.05) is 11.5 Å². The fourth-order valence-electron chi connectivity index (χ4n) is 1.54. The summed E-state index contributed by atoms with van der Waals surface area (Å²) >= 11 is 0. The van der Waals surface area contributed by atoms with E-state index in [2.05, 4.69) is 58.7 Å². The summed E-state index contributed by atoms with van der Waals surface area (Å²) in [6.45, 7) is 15.8. The maximum atomic E-state index is 5.57. The third-order valence-corrected chi connectivity index (χ3v) is 2.73. The molecule has 1 heterocycles. The molecule has 2 heteroatoms. The molecule has 96 valence electrons. The molecule has 17 heavy (non-hydrogen) atoms. The van der Waals surface area contributed by atoms with E-state index in [1.54, 1.807) is 0 Å². The number of nitrogens with zero attached hydrogens (tertiary/aromatic N) is 1. The highest BCUT2D eigenvalue weighted by Crippen LogP contribution is 2.30. The van der Waals surface area contributed by atoms with Crippen LogP contribution in [0.15, 0.2) is 12.1 Å². The molecule has 1 rings (SSSR count). The summed E-state index contributed by atoms with van der Waals surface area (Å²) in [5, 5.41) is 0. The van der Waals surface area contributed by atoms with E-state index >= 15 is 0 Å². The number of ether oxygens (including phenoxy) is 1. The van der Waals surface area contributed by atoms with Gasteiger partial charge in [-0.2, -0.15) is 0 Å². The molecule has 0 aliphatic heterocycles. The third-order valence-electron chi connectivity index (χ3n) is 2.73. The lowest BCUT2D eigenvalue weighted by molar-refractivity contribution is 0.322. The molecule has 2 nitrogen and oxygen atoms in total. The number of hydrogen-bond acceptors (Lipinski definition) is 2. The van der Waals surface area contributed by atoms with Gasteiger partial charge in [0.15, 0.2) is 0 Å². The Morgan fingerprint density at radius 1 is 1.00 bits per heavy atom. The van der Waals surface area contributed by atoms with E-state index in [9.17, 15) is 0 Å². The van der Waals surface area contributed by atoms with Crippen molar-refractivity contribution < 1.29 is 4.74 Å². The van der Waals surface area contributed by atoms with Crippen molar-refractivity contribution in [1.29, 1.82) is 0 Å². The lowest BCUT2D eigenvalue weighted by Gasteiger charge is -2.24. The summed E-state index contributed by atoms with van der Waals surface area (Å²) in [4.78, 5) is 4.59. The SMILES string of the molecule is CCOc1cc(C(C)(C)C)cc(C(C)(C)C)n1. The Morgan fingerprint density at radius 3 is 2.00 bits per heavy atom. The molecule has 0 aliphatic carbocycles. The van der Waals surface area contributed by atoms with E-state index in [1.807, 2.05) is 6.92 Å². The quantitative estimate of drug-likeness (QED) is 0.770. The summed E-state index contributed by atoms with van der Waals surface area (Å²) in [7, 11) is 0. The normalized spacial score (nSPS) is 12.6. The lowest BCUT2D eigenvalue weighted by atomic mass is 9.83. The van der Waals surface area contributed by atoms with Crippen molar-refractivity contribution in [2.24, 2.45) is 0 Å². The molecule has 0 bridgehead atoms. The van der Waals surface area contributed by atoms with Crippen molar-refractivity contribution in [1.82, 2.24) is 4.98 Å². The van der Waals surface area contributed by atoms with Crippen LogP contribution in [0.25, 0.3) is 0 Å². The Balaban J connectivity index is 3.29. The average molecular weight is 235 g/mol. The number of hydrogen-bond donors (Lipinski definition) is 0. The van der Waals surface area contributed by atoms with Crippen LogP contribution in [0, 0.1) is 0 Å². The summed E-state index contributed by atoms with van der Waals surface area (Å²) in [5.41, 5.74) is 2.54. The third kappa shape index (κ3) is 3.72. The van der Waals surface area contributed by atoms with Crippen LogP contribution >= 0.6 is 0 Å². The van der Waals surface area contributed by atoms with Crippen molar-refractivity contribution in [2.75, 3.05) is 6.61 Å². The second-order valence-electron chi connectivity index (χ2n) is 6.51. The number of aromatic nitrogens is 1. The van der Waals surface area contributed by atoms with Gasteiger partial charge in [0.05, 0.1) is 12.3 Å². The Hall–Kier alpha value is -1.05. The van der Waals surface area contributed by atoms with Crippen LogP contribution < -0.4 is 4.74 Å². The first-order valence-electron chi connectivity index (χ1n) is 6.30. The van der Waals surface area contributed by atoms with E-state index in [0.717, 1.165) is 11.6 Å². The fraction of sp³-hybridized carbons (Fsp3) is 0.667. The topological polar surface area (TPSA) is 22.1 Å². The van der Waals surface area contributed by atoms with Gasteiger partial charge in [-0.1, -0.05) is 41.5 Å². The maximum Gasteiger partial charge on any atom is 0.213 e. The van der Waals surface area contributed by atoms with Crippen molar-refractivity contribution in [3.63, 3.8) is 0 Å². The first-order valence-corrected chi connectivity index (χ1v) is 6.30. The molecule has 0 saturated carbocycles. The van der Waals surface area contributed by atoms with Crippen LogP contribution in [0.4, 0.5) is 0 Å². The molecule has 0 fully saturated rings. The first kappa shape index (κ1) is 14.0. The van der Waals surface area contributed by atoms with Crippen molar-refractivity contribution in [3.8, 4) is 5.88 Å². The van der Waals surface area contributed by atoms with Crippen LogP contribution in [0.3, 0.4) is 0 Å². The second kappa shape index (κ2) is 4.67. The zero-order valence-corrected chi connectivity index (χ0v) is 12.2. The van der Waals surface area contributed by atoms with Crippen molar-refractivity contribution in [2.45, 2.75) is 59.3 Å². The zero-order chi connectivity index (χ0) is 13.3. The standard InChI is InChI=1S/C15H25NO/c1-8-17-13-10-11(14(2,3)4)9-12(16-13)15(5,6)7/h9-10H,8H2,1-7H3. The highest BCUT2D eigenvalue weighted by Gasteiger charge is 2.22. The molecule has 0 atom stereocenters. The smallest absolute Gasteiger partial charge is 0.213 e. The van der Waals surface area contributed by atoms with Crippen molar-refractivity contribution in [3.05, 3.63) is 23.4 Å². The lowest BCUT2D eigenvalue weighted by Crippen LogP contribution is -2.18. The van der Waals surface area contributed by atoms with Crippen LogP contribution in [0.1, 0.15) is 59.7 Å². The zero-order valence-electron chi connectivity index (χ0n) is 12.2. The van der Waals surface area contributed by atoms with Gasteiger partial charge in [0.1, 0.15) is 0 Å². The fourth-order valence-corrected chi connectivity index (χ4v) is 1.54. The predicted octanol–water partition coefficient (Wildman–Crippen LogP) is 4.08. The van der Waals surface area contributed by atoms with Gasteiger partial charge in [-0.15, -0.1) is 0 Å². The molecule has 1 aromatic heterocycles. The summed E-state index contributed by atoms with van der Waals surface area (Å²) in [6.07, 6.45) is 0. The average Bonchev–Trinajstić information content (AvgIpc) is 2.15. The van der Waals surface area contributed by atoms with Crippen LogP contribution in [0.2, 0.25) is 0 Å². The molecule has 0 unspecified atom stereocenters. The van der Waals surface area contributed by atoms with E-state index in [-0.39, 0.29) is 10.8 Å². The Kier molecular flexibility index (Phi) is 3.85. The predicted molar refractivity (Wildman–Crippen MR) is 72.8 cm³/mol. The molecule has 0 N–H and O–H groups in total. The van der Waals surface area contributed by atoms with Crippen LogP contribution in [-0.2, 0) is 10.8 Å². The Labute approximate surface area is 105 Å². The maximum absolute atomic E-state index is 5.57. The summed E-state index contributed by atoms with van der Waals surface area (Å²) < 4.78 is 5.57. The number of rotatable bonds is 2. The molecule has 0 radical (unpaired) electrons. The monoisotopic (exact) mass is 235 g/mol. The van der Waals surface area contributed by atoms with Gasteiger partial charge < -0.3 is 4.74 Å². The van der Waals surface area contributed by atoms with E-state index in [1.165, 1.54) is 5.56 Å². The minimum atomic E-state index is 0.0487. The summed E-state index contributed by atoms with van der Waals surface area (Å²) in [6, 6.07) is 4.25. The minimum absolute atomic E-state index is 0.0487. The molecule has 0 amide bonds. The highest BCUT2D eigenvalue weighted by molar-refractivity contribution is 5.32. The van der Waals surface area contributed by atoms with E-state index in [4.69, 9.17) is 4.74 Å². The molecular weight excluding hydrogens is 210 g/mol. The Morgan fingerprint density at radius 2 is 1.59 bits per heavy atom. The van der Waals surface area contributed by atoms with Crippen LogP contribution in [0.5, 0.6) is 5.88 Å². The van der Waals surface area contributed by atoms with Gasteiger partial charge in [-0.3, -0.25) is 0 Å². The Bertz CT molecular complexity index is 351.